The fourth-order valence-electron chi connectivity index (χ4n) is 1.68. The molecule has 1 N–H and O–H groups in total. The van der Waals surface area contributed by atoms with Crippen LogP contribution in [0.5, 0.6) is 0 Å². The number of nitrogens with one attached hydrogen (secondary N) is 1. The Balaban J connectivity index is 2.42. The maximum atomic E-state index is 11.6. The van der Waals surface area contributed by atoms with Crippen LogP contribution in [0.1, 0.15) is 32.6 Å². The third-order valence-electron chi connectivity index (χ3n) is 2.61. The largest absolute Gasteiger partial charge is 0.350 e. The van der Waals surface area contributed by atoms with E-state index >= 15 is 0 Å². The molecule has 1 heterocycles. The molecule has 1 amide bonds. The van der Waals surface area contributed by atoms with Crippen molar-refractivity contribution in [1.82, 2.24) is 5.48 Å². The van der Waals surface area contributed by atoms with Crippen molar-refractivity contribution in [2.24, 2.45) is 0 Å². The van der Waals surface area contributed by atoms with Gasteiger partial charge in [-0.15, -0.1) is 0 Å². The Kier molecular flexibility index (Phi) is 5.35. The Morgan fingerprint density at radius 2 is 2.24 bits per heavy atom. The van der Waals surface area contributed by atoms with E-state index in [1.165, 1.54) is 0 Å². The molecule has 2 atom stereocenters. The molecule has 1 aliphatic heterocycles. The van der Waals surface area contributed by atoms with Crippen molar-refractivity contribution in [3.63, 3.8) is 0 Å². The van der Waals surface area contributed by atoms with Crippen LogP contribution in [0.25, 0.3) is 0 Å². The van der Waals surface area contributed by atoms with Crippen LogP contribution in [-0.4, -0.2) is 38.7 Å². The van der Waals surface area contributed by atoms with Crippen molar-refractivity contribution < 1.29 is 22.8 Å². The second-order valence-electron chi connectivity index (χ2n) is 4.11. The summed E-state index contributed by atoms with van der Waals surface area (Å²) < 4.78 is 27.9. The lowest BCUT2D eigenvalue weighted by molar-refractivity contribution is -0.200. The number of hydrogen-bond donors (Lipinski definition) is 1. The molecular formula is C10H19NO5S. The summed E-state index contributed by atoms with van der Waals surface area (Å²) in [4.78, 5) is 16.6. The second kappa shape index (κ2) is 6.32. The lowest BCUT2D eigenvalue weighted by atomic mass is 10.2. The molecule has 17 heavy (non-hydrogen) atoms. The third-order valence-corrected chi connectivity index (χ3v) is 4.19. The van der Waals surface area contributed by atoms with Gasteiger partial charge in [0.25, 0.3) is 5.91 Å². The van der Waals surface area contributed by atoms with E-state index in [9.17, 15) is 13.2 Å². The smallest absolute Gasteiger partial charge is 0.261 e. The molecule has 100 valence electrons. The van der Waals surface area contributed by atoms with E-state index in [2.05, 4.69) is 5.48 Å². The first kappa shape index (κ1) is 14.4. The number of ether oxygens (including phenoxy) is 1. The molecule has 7 heteroatoms. The van der Waals surface area contributed by atoms with Crippen molar-refractivity contribution in [2.45, 2.75) is 44.1 Å². The number of amides is 1. The lowest BCUT2D eigenvalue weighted by Gasteiger charge is -2.23. The highest BCUT2D eigenvalue weighted by molar-refractivity contribution is 7.92. The number of rotatable bonds is 5. The van der Waals surface area contributed by atoms with Crippen LogP contribution in [0.3, 0.4) is 0 Å². The molecule has 1 rings (SSSR count). The number of carbonyl (C=O) groups excluding carboxylic acids is 1. The highest BCUT2D eigenvalue weighted by Crippen LogP contribution is 2.13. The molecule has 0 spiro atoms. The topological polar surface area (TPSA) is 81.7 Å². The molecule has 0 aromatic heterocycles. The zero-order valence-electron chi connectivity index (χ0n) is 10.1. The number of hydroxylamine groups is 1. The normalized spacial score (nSPS) is 23.1. The highest BCUT2D eigenvalue weighted by atomic mass is 32.2. The molecule has 0 aliphatic carbocycles. The number of hydrogen-bond acceptors (Lipinski definition) is 5. The highest BCUT2D eigenvalue weighted by Gasteiger charge is 2.28. The summed E-state index contributed by atoms with van der Waals surface area (Å²) in [6.45, 7) is 2.24. The van der Waals surface area contributed by atoms with E-state index in [-0.39, 0.29) is 6.42 Å². The fourth-order valence-corrected chi connectivity index (χ4v) is 2.72. The predicted octanol–water partition coefficient (Wildman–Crippen LogP) is 0.384. The average Bonchev–Trinajstić information content (AvgIpc) is 2.27. The molecule has 1 fully saturated rings. The van der Waals surface area contributed by atoms with Crippen molar-refractivity contribution in [1.29, 1.82) is 0 Å². The minimum absolute atomic E-state index is 0.222. The van der Waals surface area contributed by atoms with Gasteiger partial charge in [-0.1, -0.05) is 6.92 Å². The zero-order valence-corrected chi connectivity index (χ0v) is 11.0. The van der Waals surface area contributed by atoms with Crippen LogP contribution in [0.2, 0.25) is 0 Å². The first-order valence-electron chi connectivity index (χ1n) is 5.71. The molecule has 0 radical (unpaired) electrons. The van der Waals surface area contributed by atoms with Gasteiger partial charge in [-0.3, -0.25) is 4.79 Å². The van der Waals surface area contributed by atoms with Gasteiger partial charge >= 0.3 is 0 Å². The van der Waals surface area contributed by atoms with Gasteiger partial charge in [-0.2, -0.15) is 0 Å². The SMILES string of the molecule is CCC(C(=O)NOC1CCCCO1)S(C)(=O)=O. The summed E-state index contributed by atoms with van der Waals surface area (Å²) in [6, 6.07) is 0. The Labute approximate surface area is 102 Å². The van der Waals surface area contributed by atoms with E-state index in [1.807, 2.05) is 0 Å². The quantitative estimate of drug-likeness (QED) is 0.727. The third kappa shape index (κ3) is 4.61. The van der Waals surface area contributed by atoms with Crippen molar-refractivity contribution in [3.05, 3.63) is 0 Å². The Morgan fingerprint density at radius 1 is 1.53 bits per heavy atom. The van der Waals surface area contributed by atoms with Crippen LogP contribution in [0.4, 0.5) is 0 Å². The van der Waals surface area contributed by atoms with Gasteiger partial charge in [0.1, 0.15) is 5.25 Å². The summed E-state index contributed by atoms with van der Waals surface area (Å²) >= 11 is 0. The van der Waals surface area contributed by atoms with Gasteiger partial charge in [0.05, 0.1) is 0 Å². The monoisotopic (exact) mass is 265 g/mol. The molecule has 6 nitrogen and oxygen atoms in total. The molecule has 0 aromatic carbocycles. The minimum Gasteiger partial charge on any atom is -0.350 e. The van der Waals surface area contributed by atoms with Crippen LogP contribution in [0.15, 0.2) is 0 Å². The number of carbonyl (C=O) groups is 1. The summed E-state index contributed by atoms with van der Waals surface area (Å²) in [5, 5.41) is -1.06. The number of sulfone groups is 1. The van der Waals surface area contributed by atoms with Crippen LogP contribution in [-0.2, 0) is 24.2 Å². The summed E-state index contributed by atoms with van der Waals surface area (Å²) in [5.74, 6) is -0.635. The fraction of sp³-hybridized carbons (Fsp3) is 0.900. The summed E-state index contributed by atoms with van der Waals surface area (Å²) in [6.07, 6.45) is 3.45. The van der Waals surface area contributed by atoms with Crippen molar-refractivity contribution in [3.8, 4) is 0 Å². The van der Waals surface area contributed by atoms with E-state index < -0.39 is 27.3 Å². The molecule has 0 saturated carbocycles. The second-order valence-corrected chi connectivity index (χ2v) is 6.33. The maximum Gasteiger partial charge on any atom is 0.261 e. The Bertz CT molecular complexity index is 348. The van der Waals surface area contributed by atoms with Gasteiger partial charge < -0.3 is 4.74 Å². The van der Waals surface area contributed by atoms with Gasteiger partial charge in [0.15, 0.2) is 16.1 Å². The summed E-state index contributed by atoms with van der Waals surface area (Å²) in [5.41, 5.74) is 2.17. The van der Waals surface area contributed by atoms with Gasteiger partial charge in [0.2, 0.25) is 0 Å². The molecule has 0 aromatic rings. The van der Waals surface area contributed by atoms with E-state index in [4.69, 9.17) is 9.57 Å². The average molecular weight is 265 g/mol. The standard InChI is InChI=1S/C10H19NO5S/c1-3-8(17(2,13)14)10(12)11-16-9-6-4-5-7-15-9/h8-9H,3-7H2,1-2H3,(H,11,12). The van der Waals surface area contributed by atoms with E-state index in [0.29, 0.717) is 13.0 Å². The zero-order chi connectivity index (χ0) is 12.9. The van der Waals surface area contributed by atoms with E-state index in [1.54, 1.807) is 6.92 Å². The predicted molar refractivity (Wildman–Crippen MR) is 61.7 cm³/mol. The van der Waals surface area contributed by atoms with Crippen LogP contribution < -0.4 is 5.48 Å². The molecule has 1 aliphatic rings. The maximum absolute atomic E-state index is 11.6. The van der Waals surface area contributed by atoms with E-state index in [0.717, 1.165) is 19.1 Å². The Hall–Kier alpha value is -0.660. The van der Waals surface area contributed by atoms with Gasteiger partial charge in [-0.25, -0.2) is 18.7 Å². The molecule has 0 bridgehead atoms. The minimum atomic E-state index is -3.40. The van der Waals surface area contributed by atoms with Crippen LogP contribution >= 0.6 is 0 Å². The molecule has 1 saturated heterocycles. The van der Waals surface area contributed by atoms with Gasteiger partial charge in [0, 0.05) is 19.3 Å². The van der Waals surface area contributed by atoms with Crippen molar-refractivity contribution >= 4 is 15.7 Å². The molecular weight excluding hydrogens is 246 g/mol. The van der Waals surface area contributed by atoms with Crippen LogP contribution in [0, 0.1) is 0 Å². The first-order chi connectivity index (χ1) is 7.95. The van der Waals surface area contributed by atoms with Crippen molar-refractivity contribution in [2.75, 3.05) is 12.9 Å². The lowest BCUT2D eigenvalue weighted by Crippen LogP contribution is -2.41. The van der Waals surface area contributed by atoms with Gasteiger partial charge in [-0.05, 0) is 19.3 Å². The first-order valence-corrected chi connectivity index (χ1v) is 7.66. The molecule has 2 unspecified atom stereocenters. The Morgan fingerprint density at radius 3 is 2.71 bits per heavy atom. The summed E-state index contributed by atoms with van der Waals surface area (Å²) in [7, 11) is -3.40.